The van der Waals surface area contributed by atoms with Crippen molar-refractivity contribution in [2.24, 2.45) is 0 Å². The van der Waals surface area contributed by atoms with Gasteiger partial charge in [0.2, 0.25) is 5.91 Å². The fourth-order valence-electron chi connectivity index (χ4n) is 2.04. The number of furan rings is 1. The van der Waals surface area contributed by atoms with Crippen LogP contribution in [-0.4, -0.2) is 17.9 Å². The number of hydrogen-bond acceptors (Lipinski definition) is 2. The van der Waals surface area contributed by atoms with Crippen LogP contribution in [0.25, 0.3) is 0 Å². The molecular formula is C16H18FNO2. The van der Waals surface area contributed by atoms with Gasteiger partial charge in [-0.25, -0.2) is 4.39 Å². The highest BCUT2D eigenvalue weighted by Gasteiger charge is 2.17. The van der Waals surface area contributed by atoms with Crippen molar-refractivity contribution in [3.8, 4) is 0 Å². The van der Waals surface area contributed by atoms with Crippen LogP contribution in [0.15, 0.2) is 47.1 Å². The second kappa shape index (κ2) is 6.37. The van der Waals surface area contributed by atoms with E-state index in [4.69, 9.17) is 4.42 Å². The molecule has 3 nitrogen and oxygen atoms in total. The first-order valence-electron chi connectivity index (χ1n) is 6.61. The minimum atomic E-state index is -0.271. The molecule has 0 fully saturated rings. The number of carbonyl (C=O) groups is 1. The fraction of sp³-hybridized carbons (Fsp3) is 0.312. The molecule has 1 aromatic carbocycles. The van der Waals surface area contributed by atoms with E-state index < -0.39 is 0 Å². The monoisotopic (exact) mass is 275 g/mol. The molecule has 4 heteroatoms. The Balaban J connectivity index is 1.93. The molecule has 0 aliphatic heterocycles. The molecule has 1 heterocycles. The summed E-state index contributed by atoms with van der Waals surface area (Å²) in [5.41, 5.74) is 0.917. The minimum absolute atomic E-state index is 0.0400. The lowest BCUT2D eigenvalue weighted by Crippen LogP contribution is -2.29. The lowest BCUT2D eigenvalue weighted by atomic mass is 10.1. The Labute approximate surface area is 118 Å². The first-order valence-corrected chi connectivity index (χ1v) is 6.61. The van der Waals surface area contributed by atoms with Gasteiger partial charge in [-0.3, -0.25) is 4.79 Å². The van der Waals surface area contributed by atoms with Gasteiger partial charge in [-0.2, -0.15) is 0 Å². The Morgan fingerprint density at radius 2 is 2.00 bits per heavy atom. The van der Waals surface area contributed by atoms with Crippen LogP contribution in [0.1, 0.15) is 30.7 Å². The fourth-order valence-corrected chi connectivity index (χ4v) is 2.04. The largest absolute Gasteiger partial charge is 0.469 e. The molecule has 2 rings (SSSR count). The van der Waals surface area contributed by atoms with E-state index in [1.54, 1.807) is 30.3 Å². The van der Waals surface area contributed by atoms with Crippen molar-refractivity contribution in [2.75, 3.05) is 7.05 Å². The van der Waals surface area contributed by atoms with Crippen molar-refractivity contribution in [1.82, 2.24) is 4.90 Å². The highest BCUT2D eigenvalue weighted by molar-refractivity contribution is 5.76. The number of hydrogen-bond donors (Lipinski definition) is 0. The molecule has 0 saturated heterocycles. The first kappa shape index (κ1) is 14.3. The molecule has 0 N–H and O–H groups in total. The maximum absolute atomic E-state index is 12.9. The summed E-state index contributed by atoms with van der Waals surface area (Å²) in [7, 11) is 1.76. The van der Waals surface area contributed by atoms with Gasteiger partial charge in [-0.15, -0.1) is 0 Å². The molecule has 20 heavy (non-hydrogen) atoms. The summed E-state index contributed by atoms with van der Waals surface area (Å²) < 4.78 is 18.1. The topological polar surface area (TPSA) is 33.5 Å². The summed E-state index contributed by atoms with van der Waals surface area (Å²) in [6, 6.07) is 9.81. The standard InChI is InChI=1S/C16H18FNO2/c1-12(13-5-7-14(17)8-6-13)18(2)16(19)10-9-15-4-3-11-20-15/h3-8,11-12H,9-10H2,1-2H3. The van der Waals surface area contributed by atoms with Crippen LogP contribution in [0.2, 0.25) is 0 Å². The SMILES string of the molecule is CC(c1ccc(F)cc1)N(C)C(=O)CCc1ccco1. The molecule has 0 aliphatic rings. The van der Waals surface area contributed by atoms with Crippen molar-refractivity contribution in [1.29, 1.82) is 0 Å². The number of amides is 1. The van der Waals surface area contributed by atoms with Crippen LogP contribution < -0.4 is 0 Å². The molecule has 0 bridgehead atoms. The molecule has 0 aliphatic carbocycles. The molecule has 0 spiro atoms. The first-order chi connectivity index (χ1) is 9.58. The van der Waals surface area contributed by atoms with Crippen molar-refractivity contribution >= 4 is 5.91 Å². The van der Waals surface area contributed by atoms with Gasteiger partial charge in [0.15, 0.2) is 0 Å². The van der Waals surface area contributed by atoms with Gasteiger partial charge in [0.25, 0.3) is 0 Å². The summed E-state index contributed by atoms with van der Waals surface area (Å²) in [6.45, 7) is 1.93. The Bertz CT molecular complexity index is 548. The quantitative estimate of drug-likeness (QED) is 0.835. The molecule has 1 atom stereocenters. The normalized spacial score (nSPS) is 12.2. The number of benzene rings is 1. The van der Waals surface area contributed by atoms with Gasteiger partial charge in [0.1, 0.15) is 11.6 Å². The molecule has 1 unspecified atom stereocenters. The van der Waals surface area contributed by atoms with Crippen molar-refractivity contribution in [3.05, 3.63) is 59.8 Å². The average molecular weight is 275 g/mol. The van der Waals surface area contributed by atoms with Crippen LogP contribution in [0, 0.1) is 5.82 Å². The number of aryl methyl sites for hydroxylation is 1. The van der Waals surface area contributed by atoms with Crippen LogP contribution >= 0.6 is 0 Å². The van der Waals surface area contributed by atoms with Gasteiger partial charge in [0.05, 0.1) is 12.3 Å². The summed E-state index contributed by atoms with van der Waals surface area (Å²) in [6.07, 6.45) is 2.59. The Morgan fingerprint density at radius 1 is 1.30 bits per heavy atom. The highest BCUT2D eigenvalue weighted by Crippen LogP contribution is 2.20. The zero-order valence-electron chi connectivity index (χ0n) is 11.7. The number of carbonyl (C=O) groups excluding carboxylic acids is 1. The third kappa shape index (κ3) is 3.47. The third-order valence-corrected chi connectivity index (χ3v) is 3.49. The van der Waals surface area contributed by atoms with Gasteiger partial charge >= 0.3 is 0 Å². The van der Waals surface area contributed by atoms with Crippen molar-refractivity contribution in [2.45, 2.75) is 25.8 Å². The zero-order valence-corrected chi connectivity index (χ0v) is 11.7. The lowest BCUT2D eigenvalue weighted by Gasteiger charge is -2.25. The summed E-state index contributed by atoms with van der Waals surface area (Å²) in [5, 5.41) is 0. The van der Waals surface area contributed by atoms with Crippen molar-refractivity contribution < 1.29 is 13.6 Å². The Morgan fingerprint density at radius 3 is 2.60 bits per heavy atom. The molecular weight excluding hydrogens is 257 g/mol. The smallest absolute Gasteiger partial charge is 0.223 e. The molecule has 2 aromatic rings. The van der Waals surface area contributed by atoms with Crippen LogP contribution in [-0.2, 0) is 11.2 Å². The predicted octanol–water partition coefficient (Wildman–Crippen LogP) is 3.57. The van der Waals surface area contributed by atoms with E-state index in [-0.39, 0.29) is 17.8 Å². The second-order valence-electron chi connectivity index (χ2n) is 4.81. The zero-order chi connectivity index (χ0) is 14.5. The maximum Gasteiger partial charge on any atom is 0.223 e. The molecule has 0 saturated carbocycles. The highest BCUT2D eigenvalue weighted by atomic mass is 19.1. The molecule has 106 valence electrons. The van der Waals surface area contributed by atoms with E-state index >= 15 is 0 Å². The second-order valence-corrected chi connectivity index (χ2v) is 4.81. The van der Waals surface area contributed by atoms with E-state index in [1.807, 2.05) is 19.1 Å². The number of rotatable bonds is 5. The van der Waals surface area contributed by atoms with Gasteiger partial charge in [-0.1, -0.05) is 12.1 Å². The number of halogens is 1. The summed E-state index contributed by atoms with van der Waals surface area (Å²) in [5.74, 6) is 0.576. The van der Waals surface area contributed by atoms with Gasteiger partial charge in [-0.05, 0) is 36.8 Å². The predicted molar refractivity (Wildman–Crippen MR) is 74.6 cm³/mol. The van der Waals surface area contributed by atoms with Crippen LogP contribution in [0.5, 0.6) is 0 Å². The van der Waals surface area contributed by atoms with Crippen LogP contribution in [0.4, 0.5) is 4.39 Å². The van der Waals surface area contributed by atoms with E-state index in [9.17, 15) is 9.18 Å². The van der Waals surface area contributed by atoms with E-state index in [2.05, 4.69) is 0 Å². The third-order valence-electron chi connectivity index (χ3n) is 3.49. The van der Waals surface area contributed by atoms with E-state index in [0.29, 0.717) is 12.8 Å². The Kier molecular flexibility index (Phi) is 4.56. The average Bonchev–Trinajstić information content (AvgIpc) is 2.97. The van der Waals surface area contributed by atoms with Gasteiger partial charge in [0, 0.05) is 19.9 Å². The Hall–Kier alpha value is -2.10. The maximum atomic E-state index is 12.9. The lowest BCUT2D eigenvalue weighted by molar-refractivity contribution is -0.131. The molecule has 0 radical (unpaired) electrons. The van der Waals surface area contributed by atoms with Crippen molar-refractivity contribution in [3.63, 3.8) is 0 Å². The van der Waals surface area contributed by atoms with Gasteiger partial charge < -0.3 is 9.32 Å². The van der Waals surface area contributed by atoms with Crippen LogP contribution in [0.3, 0.4) is 0 Å². The number of nitrogens with zero attached hydrogens (tertiary/aromatic N) is 1. The summed E-state index contributed by atoms with van der Waals surface area (Å²) >= 11 is 0. The van der Waals surface area contributed by atoms with E-state index in [1.165, 1.54) is 12.1 Å². The molecule has 1 amide bonds. The summed E-state index contributed by atoms with van der Waals surface area (Å²) in [4.78, 5) is 13.8. The minimum Gasteiger partial charge on any atom is -0.469 e. The van der Waals surface area contributed by atoms with E-state index in [0.717, 1.165) is 11.3 Å². The molecule has 1 aromatic heterocycles.